The molecule has 0 aliphatic heterocycles. The van der Waals surface area contributed by atoms with Crippen LogP contribution >= 0.6 is 0 Å². The molecule has 0 bridgehead atoms. The van der Waals surface area contributed by atoms with Crippen LogP contribution in [0.1, 0.15) is 96.8 Å². The van der Waals surface area contributed by atoms with E-state index in [1.807, 2.05) is 0 Å². The first-order valence-electron chi connectivity index (χ1n) is 10.1. The van der Waals surface area contributed by atoms with Crippen molar-refractivity contribution in [2.24, 2.45) is 5.73 Å². The average Bonchev–Trinajstić information content (AvgIpc) is 2.57. The molecule has 0 heterocycles. The highest BCUT2D eigenvalue weighted by Gasteiger charge is 1.88. The maximum atomic E-state index is 5.48. The molecule has 23 heavy (non-hydrogen) atoms. The van der Waals surface area contributed by atoms with Gasteiger partial charge in [-0.1, -0.05) is 88.3 Å². The molecular formula is C22H41N. The van der Waals surface area contributed by atoms with Crippen LogP contribution in [0.15, 0.2) is 36.5 Å². The lowest BCUT2D eigenvalue weighted by Gasteiger charge is -1.97. The van der Waals surface area contributed by atoms with Crippen LogP contribution in [0, 0.1) is 0 Å². The number of hydrogen-bond acceptors (Lipinski definition) is 1. The van der Waals surface area contributed by atoms with Crippen LogP contribution in [0.2, 0.25) is 0 Å². The number of hydrogen-bond donors (Lipinski definition) is 1. The first-order chi connectivity index (χ1) is 11.4. The van der Waals surface area contributed by atoms with Crippen LogP contribution in [0.5, 0.6) is 0 Å². The summed E-state index contributed by atoms with van der Waals surface area (Å²) in [5.41, 5.74) is 5.48. The number of nitrogens with two attached hydrogens (primary N) is 1. The van der Waals surface area contributed by atoms with Gasteiger partial charge in [0.15, 0.2) is 0 Å². The fourth-order valence-corrected chi connectivity index (χ4v) is 2.58. The molecule has 0 amide bonds. The van der Waals surface area contributed by atoms with Gasteiger partial charge < -0.3 is 5.73 Å². The van der Waals surface area contributed by atoms with E-state index in [1.165, 1.54) is 77.0 Å². The fourth-order valence-electron chi connectivity index (χ4n) is 2.58. The summed E-state index contributed by atoms with van der Waals surface area (Å²) in [6.45, 7) is 3.12. The summed E-state index contributed by atoms with van der Waals surface area (Å²) in [5, 5.41) is 0. The van der Waals surface area contributed by atoms with E-state index in [-0.39, 0.29) is 0 Å². The Morgan fingerprint density at radius 2 is 0.957 bits per heavy atom. The van der Waals surface area contributed by atoms with E-state index in [0.717, 1.165) is 19.4 Å². The van der Waals surface area contributed by atoms with Gasteiger partial charge in [-0.3, -0.25) is 0 Å². The molecule has 0 aromatic heterocycles. The molecule has 0 unspecified atom stereocenters. The van der Waals surface area contributed by atoms with Crippen molar-refractivity contribution in [2.75, 3.05) is 6.54 Å². The van der Waals surface area contributed by atoms with Crippen molar-refractivity contribution in [2.45, 2.75) is 96.8 Å². The fraction of sp³-hybridized carbons (Fsp3) is 0.727. The first-order valence-corrected chi connectivity index (χ1v) is 10.1. The zero-order chi connectivity index (χ0) is 16.8. The Morgan fingerprint density at radius 1 is 0.522 bits per heavy atom. The number of rotatable bonds is 17. The van der Waals surface area contributed by atoms with E-state index in [1.54, 1.807) is 0 Å². The lowest BCUT2D eigenvalue weighted by atomic mass is 10.1. The molecule has 1 heteroatoms. The highest BCUT2D eigenvalue weighted by molar-refractivity contribution is 4.97. The van der Waals surface area contributed by atoms with Crippen LogP contribution in [0.3, 0.4) is 0 Å². The van der Waals surface area contributed by atoms with Gasteiger partial charge in [0.2, 0.25) is 0 Å². The predicted octanol–water partition coefficient (Wildman–Crippen LogP) is 7.10. The van der Waals surface area contributed by atoms with Crippen molar-refractivity contribution < 1.29 is 0 Å². The van der Waals surface area contributed by atoms with Gasteiger partial charge in [-0.25, -0.2) is 0 Å². The minimum atomic E-state index is 0.848. The molecule has 0 aliphatic rings. The van der Waals surface area contributed by atoms with Crippen LogP contribution in [0.4, 0.5) is 0 Å². The Balaban J connectivity index is 3.25. The Labute approximate surface area is 146 Å². The monoisotopic (exact) mass is 319 g/mol. The third-order valence-corrected chi connectivity index (χ3v) is 4.09. The maximum absolute atomic E-state index is 5.48. The summed E-state index contributed by atoms with van der Waals surface area (Å²) >= 11 is 0. The van der Waals surface area contributed by atoms with Crippen molar-refractivity contribution >= 4 is 0 Å². The van der Waals surface area contributed by atoms with Gasteiger partial charge in [-0.05, 0) is 51.5 Å². The Bertz CT molecular complexity index is 288. The topological polar surface area (TPSA) is 26.0 Å². The lowest BCUT2D eigenvalue weighted by Crippen LogP contribution is -1.97. The predicted molar refractivity (Wildman–Crippen MR) is 107 cm³/mol. The lowest BCUT2D eigenvalue weighted by molar-refractivity contribution is 0.622. The summed E-state index contributed by atoms with van der Waals surface area (Å²) in [6.07, 6.45) is 31.9. The largest absolute Gasteiger partial charge is 0.330 e. The van der Waals surface area contributed by atoms with Gasteiger partial charge in [0, 0.05) is 0 Å². The van der Waals surface area contributed by atoms with Gasteiger partial charge in [-0.2, -0.15) is 0 Å². The molecule has 0 spiro atoms. The minimum absolute atomic E-state index is 0.848. The van der Waals surface area contributed by atoms with Gasteiger partial charge in [0.05, 0.1) is 0 Å². The molecule has 0 atom stereocenters. The van der Waals surface area contributed by atoms with Crippen molar-refractivity contribution in [3.8, 4) is 0 Å². The highest BCUT2D eigenvalue weighted by atomic mass is 14.5. The Hall–Kier alpha value is -0.820. The second kappa shape index (κ2) is 21.2. The molecule has 0 aromatic rings. The Morgan fingerprint density at radius 3 is 1.48 bits per heavy atom. The van der Waals surface area contributed by atoms with Crippen molar-refractivity contribution in [3.05, 3.63) is 36.5 Å². The van der Waals surface area contributed by atoms with Crippen molar-refractivity contribution in [1.29, 1.82) is 0 Å². The molecule has 0 radical (unpaired) electrons. The van der Waals surface area contributed by atoms with E-state index >= 15 is 0 Å². The van der Waals surface area contributed by atoms with Gasteiger partial charge >= 0.3 is 0 Å². The number of allylic oxidation sites excluding steroid dienone is 6. The quantitative estimate of drug-likeness (QED) is 0.225. The zero-order valence-corrected chi connectivity index (χ0v) is 15.6. The second-order valence-corrected chi connectivity index (χ2v) is 6.43. The van der Waals surface area contributed by atoms with Crippen molar-refractivity contribution in [3.63, 3.8) is 0 Å². The van der Waals surface area contributed by atoms with E-state index in [9.17, 15) is 0 Å². The molecule has 0 fully saturated rings. The highest BCUT2D eigenvalue weighted by Crippen LogP contribution is 2.06. The molecule has 0 saturated heterocycles. The molecule has 0 aliphatic carbocycles. The Kier molecular flexibility index (Phi) is 20.4. The van der Waals surface area contributed by atoms with E-state index < -0.39 is 0 Å². The first kappa shape index (κ1) is 22.2. The molecule has 0 saturated carbocycles. The summed E-state index contributed by atoms with van der Waals surface area (Å²) in [4.78, 5) is 0. The van der Waals surface area contributed by atoms with Gasteiger partial charge in [-0.15, -0.1) is 0 Å². The third kappa shape index (κ3) is 21.2. The van der Waals surface area contributed by atoms with E-state index in [4.69, 9.17) is 5.73 Å². The maximum Gasteiger partial charge on any atom is -0.00773 e. The number of unbranched alkanes of at least 4 members (excludes halogenated alkanes) is 10. The van der Waals surface area contributed by atoms with Crippen LogP contribution in [-0.2, 0) is 0 Å². The third-order valence-electron chi connectivity index (χ3n) is 4.09. The second-order valence-electron chi connectivity index (χ2n) is 6.43. The minimum Gasteiger partial charge on any atom is -0.330 e. The SMILES string of the molecule is CCCCCCC/C=C/C/C=C/C/C=C/CCCCCCCN. The molecule has 0 rings (SSSR count). The molecule has 134 valence electrons. The van der Waals surface area contributed by atoms with Crippen LogP contribution in [-0.4, -0.2) is 6.54 Å². The summed E-state index contributed by atoms with van der Waals surface area (Å²) in [7, 11) is 0. The summed E-state index contributed by atoms with van der Waals surface area (Å²) < 4.78 is 0. The van der Waals surface area contributed by atoms with E-state index in [2.05, 4.69) is 43.4 Å². The van der Waals surface area contributed by atoms with Gasteiger partial charge in [0.25, 0.3) is 0 Å². The van der Waals surface area contributed by atoms with Crippen molar-refractivity contribution in [1.82, 2.24) is 0 Å². The van der Waals surface area contributed by atoms with E-state index in [0.29, 0.717) is 0 Å². The van der Waals surface area contributed by atoms with Gasteiger partial charge in [0.1, 0.15) is 0 Å². The molecule has 1 nitrogen and oxygen atoms in total. The average molecular weight is 320 g/mol. The smallest absolute Gasteiger partial charge is 0.00773 e. The molecule has 2 N–H and O–H groups in total. The standard InChI is InChI=1S/C22H41N/c1-2-3-4-5-6-7-8-9-10-11-12-13-14-15-16-17-18-19-20-21-22-23/h8-9,11-12,14-15H,2-7,10,13,16-23H2,1H3/b9-8+,12-11+,15-14+. The molecule has 0 aromatic carbocycles. The van der Waals surface area contributed by atoms with Crippen LogP contribution < -0.4 is 5.73 Å². The van der Waals surface area contributed by atoms with Crippen LogP contribution in [0.25, 0.3) is 0 Å². The normalized spacial score (nSPS) is 12.3. The zero-order valence-electron chi connectivity index (χ0n) is 15.6. The summed E-state index contributed by atoms with van der Waals surface area (Å²) in [6, 6.07) is 0. The summed E-state index contributed by atoms with van der Waals surface area (Å²) in [5.74, 6) is 0. The molecular weight excluding hydrogens is 278 g/mol.